The van der Waals surface area contributed by atoms with Crippen LogP contribution in [0.15, 0.2) is 29.9 Å². The Balaban J connectivity index is 1.60. The highest BCUT2D eigenvalue weighted by Crippen LogP contribution is 2.57. The molecule has 3 heterocycles. The van der Waals surface area contributed by atoms with Crippen LogP contribution in [0, 0.1) is 5.92 Å². The summed E-state index contributed by atoms with van der Waals surface area (Å²) < 4.78 is 1.72. The number of nitrogens with zero attached hydrogens (tertiary/aromatic N) is 4. The van der Waals surface area contributed by atoms with Crippen LogP contribution in [0.5, 0.6) is 0 Å². The summed E-state index contributed by atoms with van der Waals surface area (Å²) in [6.07, 6.45) is 5.50. The second kappa shape index (κ2) is 4.48. The van der Waals surface area contributed by atoms with Gasteiger partial charge < -0.3 is 5.11 Å². The SMILES string of the molecule is O=C(O)c1nn(-c2ccc(-c3nccs3)cn2)c2c1C[C@@H]1C[C@H]21. The zero-order valence-corrected chi connectivity index (χ0v) is 12.8. The van der Waals surface area contributed by atoms with E-state index >= 15 is 0 Å². The maximum absolute atomic E-state index is 11.4. The maximum atomic E-state index is 11.4. The number of hydrogen-bond donors (Lipinski definition) is 1. The number of rotatable bonds is 3. The van der Waals surface area contributed by atoms with E-state index in [1.54, 1.807) is 28.4 Å². The lowest BCUT2D eigenvalue weighted by atomic mass is 10.1. The number of thiazole rings is 1. The van der Waals surface area contributed by atoms with Gasteiger partial charge >= 0.3 is 5.97 Å². The molecule has 2 atom stereocenters. The van der Waals surface area contributed by atoms with Gasteiger partial charge in [-0.05, 0) is 30.9 Å². The highest BCUT2D eigenvalue weighted by Gasteiger charge is 2.50. The van der Waals surface area contributed by atoms with Gasteiger partial charge in [0.2, 0.25) is 0 Å². The van der Waals surface area contributed by atoms with Crippen LogP contribution in [0.25, 0.3) is 16.4 Å². The third kappa shape index (κ3) is 1.86. The van der Waals surface area contributed by atoms with Gasteiger partial charge in [-0.3, -0.25) is 0 Å². The van der Waals surface area contributed by atoms with Crippen molar-refractivity contribution in [1.82, 2.24) is 19.7 Å². The van der Waals surface area contributed by atoms with Gasteiger partial charge in [-0.15, -0.1) is 11.3 Å². The fourth-order valence-corrected chi connectivity index (χ4v) is 4.10. The van der Waals surface area contributed by atoms with Crippen LogP contribution in [0.1, 0.15) is 34.1 Å². The van der Waals surface area contributed by atoms with Crippen LogP contribution in [0.3, 0.4) is 0 Å². The molecule has 3 aromatic rings. The summed E-state index contributed by atoms with van der Waals surface area (Å²) in [6, 6.07) is 3.83. The first-order chi connectivity index (χ1) is 11.2. The fraction of sp³-hybridized carbons (Fsp3) is 0.250. The number of carbonyl (C=O) groups is 1. The van der Waals surface area contributed by atoms with E-state index in [0.29, 0.717) is 17.7 Å². The predicted molar refractivity (Wildman–Crippen MR) is 84.0 cm³/mol. The van der Waals surface area contributed by atoms with Gasteiger partial charge in [0, 0.05) is 34.8 Å². The zero-order chi connectivity index (χ0) is 15.6. The van der Waals surface area contributed by atoms with Crippen molar-refractivity contribution in [1.29, 1.82) is 0 Å². The van der Waals surface area contributed by atoms with Gasteiger partial charge in [0.05, 0.1) is 5.69 Å². The molecule has 0 aromatic carbocycles. The summed E-state index contributed by atoms with van der Waals surface area (Å²) in [5.41, 5.74) is 3.07. The Kier molecular flexibility index (Phi) is 2.52. The minimum absolute atomic E-state index is 0.179. The Morgan fingerprint density at radius 1 is 1.35 bits per heavy atom. The summed E-state index contributed by atoms with van der Waals surface area (Å²) in [5.74, 6) is 0.760. The molecule has 3 aromatic heterocycles. The standard InChI is InChI=1S/C16H12N4O2S/c21-16(22)13-11-6-9-5-10(9)14(11)20(19-13)12-2-1-8(7-18-12)15-17-3-4-23-15/h1-4,7,9-10H,5-6H2,(H,21,22)/t9-,10-/m0/s1. The number of aromatic nitrogens is 4. The lowest BCUT2D eigenvalue weighted by Gasteiger charge is -2.06. The molecule has 5 rings (SSSR count). The molecular formula is C16H12N4O2S. The highest BCUT2D eigenvalue weighted by atomic mass is 32.1. The predicted octanol–water partition coefficient (Wildman–Crippen LogP) is 2.75. The van der Waals surface area contributed by atoms with Gasteiger partial charge in [0.25, 0.3) is 0 Å². The topological polar surface area (TPSA) is 80.9 Å². The van der Waals surface area contributed by atoms with Gasteiger partial charge in [-0.1, -0.05) is 0 Å². The molecule has 0 unspecified atom stereocenters. The zero-order valence-electron chi connectivity index (χ0n) is 12.0. The van der Waals surface area contributed by atoms with Crippen molar-refractivity contribution in [3.05, 3.63) is 46.9 Å². The molecule has 2 aliphatic carbocycles. The van der Waals surface area contributed by atoms with E-state index in [9.17, 15) is 9.90 Å². The smallest absolute Gasteiger partial charge is 0.356 e. The molecule has 114 valence electrons. The highest BCUT2D eigenvalue weighted by molar-refractivity contribution is 7.13. The van der Waals surface area contributed by atoms with E-state index in [-0.39, 0.29) is 5.69 Å². The third-order valence-corrected chi connectivity index (χ3v) is 5.43. The van der Waals surface area contributed by atoms with Crippen LogP contribution < -0.4 is 0 Å². The molecule has 23 heavy (non-hydrogen) atoms. The average molecular weight is 324 g/mol. The maximum Gasteiger partial charge on any atom is 0.356 e. The van der Waals surface area contributed by atoms with Crippen molar-refractivity contribution in [2.75, 3.05) is 0 Å². The third-order valence-electron chi connectivity index (χ3n) is 4.61. The lowest BCUT2D eigenvalue weighted by molar-refractivity contribution is 0.0688. The van der Waals surface area contributed by atoms with Gasteiger partial charge in [0.15, 0.2) is 11.5 Å². The van der Waals surface area contributed by atoms with E-state index in [4.69, 9.17) is 0 Å². The lowest BCUT2D eigenvalue weighted by Crippen LogP contribution is -2.05. The summed E-state index contributed by atoms with van der Waals surface area (Å²) >= 11 is 1.56. The van der Waals surface area contributed by atoms with E-state index in [1.807, 2.05) is 17.5 Å². The molecule has 7 heteroatoms. The Hall–Kier alpha value is -2.54. The van der Waals surface area contributed by atoms with Gasteiger partial charge in [-0.25, -0.2) is 19.4 Å². The molecule has 1 fully saturated rings. The summed E-state index contributed by atoms with van der Waals surface area (Å²) in [5, 5.41) is 16.5. The number of carboxylic acid groups (broad SMARTS) is 1. The first kappa shape index (κ1) is 13.0. The minimum Gasteiger partial charge on any atom is -0.476 e. The monoisotopic (exact) mass is 324 g/mol. The molecule has 2 aliphatic rings. The minimum atomic E-state index is -0.958. The Morgan fingerprint density at radius 3 is 2.96 bits per heavy atom. The van der Waals surface area contributed by atoms with Crippen LogP contribution in [-0.2, 0) is 6.42 Å². The fourth-order valence-electron chi connectivity index (χ4n) is 3.47. The molecule has 0 bridgehead atoms. The number of aromatic carboxylic acids is 1. The Labute approximate surface area is 135 Å². The molecule has 6 nitrogen and oxygen atoms in total. The summed E-state index contributed by atoms with van der Waals surface area (Å²) in [7, 11) is 0. The molecule has 0 radical (unpaired) electrons. The van der Waals surface area contributed by atoms with Crippen LogP contribution in [0.2, 0.25) is 0 Å². The van der Waals surface area contributed by atoms with Crippen molar-refractivity contribution in [3.63, 3.8) is 0 Å². The second-order valence-electron chi connectivity index (χ2n) is 5.98. The Bertz CT molecular complexity index is 914. The second-order valence-corrected chi connectivity index (χ2v) is 6.87. The number of fused-ring (bicyclic) bond motifs is 3. The van der Waals surface area contributed by atoms with Crippen molar-refractivity contribution in [2.24, 2.45) is 5.92 Å². The number of carboxylic acids is 1. The van der Waals surface area contributed by atoms with Crippen molar-refractivity contribution in [3.8, 4) is 16.4 Å². The van der Waals surface area contributed by atoms with E-state index < -0.39 is 5.97 Å². The van der Waals surface area contributed by atoms with E-state index in [2.05, 4.69) is 15.1 Å². The van der Waals surface area contributed by atoms with Crippen LogP contribution in [-0.4, -0.2) is 30.8 Å². The van der Waals surface area contributed by atoms with E-state index in [1.165, 1.54) is 0 Å². The van der Waals surface area contributed by atoms with Gasteiger partial charge in [-0.2, -0.15) is 5.10 Å². The normalized spacial score (nSPS) is 21.0. The quantitative estimate of drug-likeness (QED) is 0.801. The van der Waals surface area contributed by atoms with Crippen molar-refractivity contribution in [2.45, 2.75) is 18.8 Å². The molecule has 0 aliphatic heterocycles. The largest absolute Gasteiger partial charge is 0.476 e. The summed E-state index contributed by atoms with van der Waals surface area (Å²) in [4.78, 5) is 20.2. The van der Waals surface area contributed by atoms with Gasteiger partial charge in [0.1, 0.15) is 5.01 Å². The first-order valence-electron chi connectivity index (χ1n) is 7.43. The molecule has 0 amide bonds. The van der Waals surface area contributed by atoms with Crippen molar-refractivity contribution < 1.29 is 9.90 Å². The number of hydrogen-bond acceptors (Lipinski definition) is 5. The number of pyridine rings is 1. The Morgan fingerprint density at radius 2 is 2.26 bits per heavy atom. The first-order valence-corrected chi connectivity index (χ1v) is 8.31. The molecule has 1 N–H and O–H groups in total. The van der Waals surface area contributed by atoms with Crippen molar-refractivity contribution >= 4 is 17.3 Å². The van der Waals surface area contributed by atoms with Crippen LogP contribution in [0.4, 0.5) is 0 Å². The average Bonchev–Trinajstić information content (AvgIpc) is 2.99. The molecular weight excluding hydrogens is 312 g/mol. The molecule has 1 saturated carbocycles. The van der Waals surface area contributed by atoms with Crippen LogP contribution >= 0.6 is 11.3 Å². The summed E-state index contributed by atoms with van der Waals surface area (Å²) in [6.45, 7) is 0. The molecule has 0 spiro atoms. The molecule has 0 saturated heterocycles. The van der Waals surface area contributed by atoms with E-state index in [0.717, 1.165) is 34.7 Å².